The van der Waals surface area contributed by atoms with Crippen molar-refractivity contribution in [3.05, 3.63) is 17.0 Å². The molecule has 0 fully saturated rings. The number of aromatic nitrogens is 4. The Bertz CT molecular complexity index is 459. The summed E-state index contributed by atoms with van der Waals surface area (Å²) in [7, 11) is 0. The predicted octanol–water partition coefficient (Wildman–Crippen LogP) is 1.19. The fourth-order valence-corrected chi connectivity index (χ4v) is 2.35. The molecule has 5 nitrogen and oxygen atoms in total. The van der Waals surface area contributed by atoms with E-state index < -0.39 is 0 Å². The number of hydrogen-bond donors (Lipinski definition) is 1. The molecule has 2 aromatic heterocycles. The molecule has 80 valence electrons. The zero-order chi connectivity index (χ0) is 10.8. The van der Waals surface area contributed by atoms with Gasteiger partial charge in [-0.25, -0.2) is 4.98 Å². The summed E-state index contributed by atoms with van der Waals surface area (Å²) in [6.07, 6.45) is 1.73. The largest absolute Gasteiger partial charge is 0.325 e. The third-order valence-electron chi connectivity index (χ3n) is 2.17. The maximum Gasteiger partial charge on any atom is 0.175 e. The van der Waals surface area contributed by atoms with Gasteiger partial charge in [-0.1, -0.05) is 0 Å². The first-order valence-electron chi connectivity index (χ1n) is 4.80. The summed E-state index contributed by atoms with van der Waals surface area (Å²) in [6.45, 7) is 5.37. The summed E-state index contributed by atoms with van der Waals surface area (Å²) in [5.74, 6) is 0.882. The van der Waals surface area contributed by atoms with Crippen molar-refractivity contribution in [2.45, 2.75) is 26.9 Å². The predicted molar refractivity (Wildman–Crippen MR) is 59.4 cm³/mol. The summed E-state index contributed by atoms with van der Waals surface area (Å²) in [5.41, 5.74) is 6.54. The van der Waals surface area contributed by atoms with E-state index in [0.717, 1.165) is 27.9 Å². The Morgan fingerprint density at radius 3 is 2.93 bits per heavy atom. The van der Waals surface area contributed by atoms with Crippen molar-refractivity contribution in [1.29, 1.82) is 0 Å². The first-order valence-corrected chi connectivity index (χ1v) is 5.62. The zero-order valence-corrected chi connectivity index (χ0v) is 9.58. The molecular weight excluding hydrogens is 210 g/mol. The van der Waals surface area contributed by atoms with Gasteiger partial charge in [0.25, 0.3) is 0 Å². The summed E-state index contributed by atoms with van der Waals surface area (Å²) in [5, 5.41) is 8.95. The van der Waals surface area contributed by atoms with Gasteiger partial charge >= 0.3 is 0 Å². The van der Waals surface area contributed by atoms with Crippen molar-refractivity contribution in [2.75, 3.05) is 0 Å². The van der Waals surface area contributed by atoms with E-state index in [2.05, 4.69) is 22.1 Å². The van der Waals surface area contributed by atoms with Crippen LogP contribution in [0.2, 0.25) is 0 Å². The van der Waals surface area contributed by atoms with Gasteiger partial charge in [0, 0.05) is 13.1 Å². The number of thiazole rings is 1. The van der Waals surface area contributed by atoms with Gasteiger partial charge in [0.05, 0.1) is 10.6 Å². The Labute approximate surface area is 92.0 Å². The van der Waals surface area contributed by atoms with Gasteiger partial charge in [0.1, 0.15) is 11.3 Å². The van der Waals surface area contributed by atoms with Crippen LogP contribution in [-0.2, 0) is 13.1 Å². The van der Waals surface area contributed by atoms with E-state index in [0.29, 0.717) is 6.54 Å². The quantitative estimate of drug-likeness (QED) is 0.848. The topological polar surface area (TPSA) is 69.6 Å². The number of hydrogen-bond acceptors (Lipinski definition) is 5. The van der Waals surface area contributed by atoms with E-state index in [9.17, 15) is 0 Å². The van der Waals surface area contributed by atoms with Crippen LogP contribution in [0.15, 0.2) is 6.33 Å². The van der Waals surface area contributed by atoms with Crippen LogP contribution in [0.25, 0.3) is 10.7 Å². The molecule has 2 aromatic rings. The molecule has 2 N–H and O–H groups in total. The van der Waals surface area contributed by atoms with E-state index in [1.165, 1.54) is 0 Å². The zero-order valence-electron chi connectivity index (χ0n) is 8.77. The van der Waals surface area contributed by atoms with Crippen LogP contribution in [0, 0.1) is 6.92 Å². The second kappa shape index (κ2) is 4.08. The van der Waals surface area contributed by atoms with Gasteiger partial charge in [-0.15, -0.1) is 21.5 Å². The Morgan fingerprint density at radius 1 is 1.53 bits per heavy atom. The summed E-state index contributed by atoms with van der Waals surface area (Å²) >= 11 is 1.59. The Morgan fingerprint density at radius 2 is 2.33 bits per heavy atom. The van der Waals surface area contributed by atoms with Crippen LogP contribution >= 0.6 is 11.3 Å². The number of nitrogens with two attached hydrogens (primary N) is 1. The molecule has 2 rings (SSSR count). The van der Waals surface area contributed by atoms with Crippen LogP contribution in [-0.4, -0.2) is 19.7 Å². The lowest BCUT2D eigenvalue weighted by atomic mass is 10.4. The smallest absolute Gasteiger partial charge is 0.175 e. The average molecular weight is 223 g/mol. The Hall–Kier alpha value is -1.27. The monoisotopic (exact) mass is 223 g/mol. The Kier molecular flexibility index (Phi) is 2.79. The molecule has 0 radical (unpaired) electrons. The molecule has 0 saturated heterocycles. The molecule has 15 heavy (non-hydrogen) atoms. The molecule has 0 aromatic carbocycles. The maximum absolute atomic E-state index is 5.56. The Balaban J connectivity index is 2.48. The molecule has 0 saturated carbocycles. The lowest BCUT2D eigenvalue weighted by Gasteiger charge is -2.00. The normalized spacial score (nSPS) is 10.9. The van der Waals surface area contributed by atoms with Crippen LogP contribution in [0.5, 0.6) is 0 Å². The highest BCUT2D eigenvalue weighted by Gasteiger charge is 2.13. The number of rotatable bonds is 3. The van der Waals surface area contributed by atoms with Crippen molar-refractivity contribution in [2.24, 2.45) is 5.73 Å². The minimum atomic E-state index is 0.478. The van der Waals surface area contributed by atoms with Crippen LogP contribution in [0.4, 0.5) is 0 Å². The van der Waals surface area contributed by atoms with Crippen molar-refractivity contribution < 1.29 is 0 Å². The van der Waals surface area contributed by atoms with Gasteiger partial charge in [0.15, 0.2) is 5.82 Å². The molecule has 0 atom stereocenters. The van der Waals surface area contributed by atoms with Crippen molar-refractivity contribution in [1.82, 2.24) is 19.7 Å². The standard InChI is InChI=1S/C9H13N5S/c1-3-14-5-11-13-9(14)8-6(2)12-7(4-10)15-8/h5H,3-4,10H2,1-2H3. The highest BCUT2D eigenvalue weighted by Crippen LogP contribution is 2.27. The second-order valence-corrected chi connectivity index (χ2v) is 4.25. The number of aryl methyl sites for hydroxylation is 2. The average Bonchev–Trinajstić information content (AvgIpc) is 2.82. The molecule has 0 aliphatic heterocycles. The number of nitrogens with zero attached hydrogens (tertiary/aromatic N) is 4. The van der Waals surface area contributed by atoms with E-state index in [-0.39, 0.29) is 0 Å². The van der Waals surface area contributed by atoms with E-state index in [1.807, 2.05) is 11.5 Å². The molecule has 0 aliphatic rings. The molecule has 0 aliphatic carbocycles. The van der Waals surface area contributed by atoms with Crippen LogP contribution in [0.1, 0.15) is 17.6 Å². The third kappa shape index (κ3) is 1.78. The second-order valence-electron chi connectivity index (χ2n) is 3.17. The lowest BCUT2D eigenvalue weighted by molar-refractivity contribution is 0.767. The minimum absolute atomic E-state index is 0.478. The molecule has 2 heterocycles. The third-order valence-corrected chi connectivity index (χ3v) is 3.35. The summed E-state index contributed by atoms with van der Waals surface area (Å²) in [4.78, 5) is 5.44. The van der Waals surface area contributed by atoms with Gasteiger partial charge in [-0.05, 0) is 13.8 Å². The molecule has 0 unspecified atom stereocenters. The van der Waals surface area contributed by atoms with E-state index in [4.69, 9.17) is 5.73 Å². The fraction of sp³-hybridized carbons (Fsp3) is 0.444. The minimum Gasteiger partial charge on any atom is -0.325 e. The lowest BCUT2D eigenvalue weighted by Crippen LogP contribution is -1.95. The highest BCUT2D eigenvalue weighted by molar-refractivity contribution is 7.15. The van der Waals surface area contributed by atoms with E-state index in [1.54, 1.807) is 17.7 Å². The molecule has 0 bridgehead atoms. The molecular formula is C9H13N5S. The maximum atomic E-state index is 5.56. The van der Waals surface area contributed by atoms with Crippen LogP contribution in [0.3, 0.4) is 0 Å². The summed E-state index contributed by atoms with van der Waals surface area (Å²) in [6, 6.07) is 0. The van der Waals surface area contributed by atoms with E-state index >= 15 is 0 Å². The summed E-state index contributed by atoms with van der Waals surface area (Å²) < 4.78 is 2.00. The first-order chi connectivity index (χ1) is 7.26. The molecule has 6 heteroatoms. The molecule has 0 spiro atoms. The van der Waals surface area contributed by atoms with Crippen molar-refractivity contribution in [3.63, 3.8) is 0 Å². The van der Waals surface area contributed by atoms with Gasteiger partial charge in [0.2, 0.25) is 0 Å². The van der Waals surface area contributed by atoms with Gasteiger partial charge < -0.3 is 10.3 Å². The SMILES string of the molecule is CCn1cnnc1-c1sc(CN)nc1C. The fourth-order valence-electron chi connectivity index (χ4n) is 1.41. The molecule has 0 amide bonds. The van der Waals surface area contributed by atoms with Gasteiger partial charge in [-0.3, -0.25) is 0 Å². The van der Waals surface area contributed by atoms with Crippen molar-refractivity contribution >= 4 is 11.3 Å². The highest BCUT2D eigenvalue weighted by atomic mass is 32.1. The van der Waals surface area contributed by atoms with Crippen molar-refractivity contribution in [3.8, 4) is 10.7 Å². The first kappa shape index (κ1) is 10.3. The van der Waals surface area contributed by atoms with Gasteiger partial charge in [-0.2, -0.15) is 0 Å². The van der Waals surface area contributed by atoms with Crippen LogP contribution < -0.4 is 5.73 Å².